The van der Waals surface area contributed by atoms with Crippen molar-refractivity contribution in [2.45, 2.75) is 45.1 Å². The first kappa shape index (κ1) is 19.8. The molecule has 3 aromatic heterocycles. The van der Waals surface area contributed by atoms with Crippen LogP contribution in [0.2, 0.25) is 0 Å². The molecule has 0 saturated carbocycles. The fraction of sp³-hybridized carbons (Fsp3) is 0.435. The highest BCUT2D eigenvalue weighted by atomic mass is 16.5. The number of carbonyl (C=O) groups excluding carboxylic acids is 1. The Morgan fingerprint density at radius 2 is 2.23 bits per heavy atom. The van der Waals surface area contributed by atoms with Gasteiger partial charge >= 0.3 is 6.03 Å². The molecular formula is C23H28N6O2. The molecule has 8 nitrogen and oxygen atoms in total. The molecule has 0 aromatic carbocycles. The van der Waals surface area contributed by atoms with Crippen LogP contribution < -0.4 is 20.3 Å². The van der Waals surface area contributed by atoms with Crippen molar-refractivity contribution in [1.29, 1.82) is 0 Å². The lowest BCUT2D eigenvalue weighted by Crippen LogP contribution is -2.35. The summed E-state index contributed by atoms with van der Waals surface area (Å²) in [5.74, 6) is 1.86. The van der Waals surface area contributed by atoms with E-state index >= 15 is 0 Å². The van der Waals surface area contributed by atoms with E-state index in [1.807, 2.05) is 25.3 Å². The van der Waals surface area contributed by atoms with E-state index in [0.717, 1.165) is 42.8 Å². The molecule has 8 heteroatoms. The molecule has 2 amide bonds. The molecule has 2 N–H and O–H groups in total. The summed E-state index contributed by atoms with van der Waals surface area (Å²) >= 11 is 0. The third kappa shape index (κ3) is 3.61. The Morgan fingerprint density at radius 1 is 1.35 bits per heavy atom. The Balaban J connectivity index is 1.41. The summed E-state index contributed by atoms with van der Waals surface area (Å²) in [5.41, 5.74) is 4.99. The van der Waals surface area contributed by atoms with Crippen LogP contribution in [0.3, 0.4) is 0 Å². The number of methoxy groups -OCH3 is 1. The van der Waals surface area contributed by atoms with E-state index in [1.165, 1.54) is 11.1 Å². The second-order valence-electron chi connectivity index (χ2n) is 8.52. The van der Waals surface area contributed by atoms with Gasteiger partial charge in [-0.05, 0) is 69.3 Å². The average Bonchev–Trinajstić information content (AvgIpc) is 3.35. The predicted octanol–water partition coefficient (Wildman–Crippen LogP) is 3.50. The van der Waals surface area contributed by atoms with Gasteiger partial charge in [0.1, 0.15) is 5.82 Å². The van der Waals surface area contributed by atoms with Gasteiger partial charge in [-0.2, -0.15) is 5.10 Å². The van der Waals surface area contributed by atoms with E-state index in [2.05, 4.69) is 33.7 Å². The number of carbonyl (C=O) groups is 1. The fourth-order valence-electron chi connectivity index (χ4n) is 4.90. The van der Waals surface area contributed by atoms with Crippen LogP contribution >= 0.6 is 0 Å². The third-order valence-electron chi connectivity index (χ3n) is 6.36. The van der Waals surface area contributed by atoms with Crippen LogP contribution in [-0.4, -0.2) is 46.9 Å². The zero-order valence-electron chi connectivity index (χ0n) is 18.2. The van der Waals surface area contributed by atoms with Gasteiger partial charge in [0, 0.05) is 24.3 Å². The van der Waals surface area contributed by atoms with Gasteiger partial charge in [-0.15, -0.1) is 0 Å². The number of hydrogen-bond donors (Lipinski definition) is 2. The van der Waals surface area contributed by atoms with Crippen molar-refractivity contribution in [3.8, 4) is 5.75 Å². The van der Waals surface area contributed by atoms with Crippen molar-refractivity contribution in [3.63, 3.8) is 0 Å². The molecule has 0 radical (unpaired) electrons. The van der Waals surface area contributed by atoms with Crippen LogP contribution in [0.4, 0.5) is 16.3 Å². The lowest BCUT2D eigenvalue weighted by atomic mass is 9.84. The SMILES string of the molecule is COc1cn2nc(C)cc2cc1NC(=O)N1CCc2c(C3CCN[C@@H](C)C3)ccnc21. The summed E-state index contributed by atoms with van der Waals surface area (Å²) < 4.78 is 7.24. The quantitative estimate of drug-likeness (QED) is 0.678. The zero-order chi connectivity index (χ0) is 21.5. The maximum absolute atomic E-state index is 13.2. The number of aromatic nitrogens is 3. The topological polar surface area (TPSA) is 83.8 Å². The normalized spacial score (nSPS) is 20.7. The number of nitrogens with zero attached hydrogens (tertiary/aromatic N) is 4. The van der Waals surface area contributed by atoms with Crippen LogP contribution in [0.25, 0.3) is 5.52 Å². The van der Waals surface area contributed by atoms with Gasteiger partial charge in [0.2, 0.25) is 0 Å². The van der Waals surface area contributed by atoms with Gasteiger partial charge in [-0.3, -0.25) is 4.90 Å². The predicted molar refractivity (Wildman–Crippen MR) is 120 cm³/mol. The van der Waals surface area contributed by atoms with Gasteiger partial charge in [-0.1, -0.05) is 0 Å². The minimum absolute atomic E-state index is 0.194. The highest BCUT2D eigenvalue weighted by Gasteiger charge is 2.31. The zero-order valence-corrected chi connectivity index (χ0v) is 18.2. The largest absolute Gasteiger partial charge is 0.493 e. The van der Waals surface area contributed by atoms with Crippen molar-refractivity contribution in [1.82, 2.24) is 19.9 Å². The number of aryl methyl sites for hydroxylation is 1. The summed E-state index contributed by atoms with van der Waals surface area (Å²) in [4.78, 5) is 19.5. The number of piperidine rings is 1. The van der Waals surface area contributed by atoms with Gasteiger partial charge in [0.15, 0.2) is 5.75 Å². The maximum Gasteiger partial charge on any atom is 0.327 e. The first-order valence-corrected chi connectivity index (χ1v) is 10.9. The summed E-state index contributed by atoms with van der Waals surface area (Å²) in [5, 5.41) is 11.0. The first-order valence-electron chi connectivity index (χ1n) is 10.9. The molecule has 1 unspecified atom stereocenters. The van der Waals surface area contributed by atoms with Crippen LogP contribution in [0.1, 0.15) is 42.5 Å². The Morgan fingerprint density at radius 3 is 3.03 bits per heavy atom. The number of hydrogen-bond acceptors (Lipinski definition) is 5. The third-order valence-corrected chi connectivity index (χ3v) is 6.36. The monoisotopic (exact) mass is 420 g/mol. The van der Waals surface area contributed by atoms with Gasteiger partial charge in [-0.25, -0.2) is 14.3 Å². The van der Waals surface area contributed by atoms with E-state index in [1.54, 1.807) is 22.7 Å². The first-order chi connectivity index (χ1) is 15.0. The van der Waals surface area contributed by atoms with E-state index in [9.17, 15) is 4.79 Å². The number of urea groups is 1. The minimum atomic E-state index is -0.194. The molecule has 2 aliphatic rings. The van der Waals surface area contributed by atoms with Crippen molar-refractivity contribution < 1.29 is 9.53 Å². The smallest absolute Gasteiger partial charge is 0.327 e. The number of nitrogens with one attached hydrogen (secondary N) is 2. The fourth-order valence-corrected chi connectivity index (χ4v) is 4.90. The van der Waals surface area contributed by atoms with Crippen LogP contribution in [0.15, 0.2) is 30.6 Å². The lowest BCUT2D eigenvalue weighted by Gasteiger charge is -2.29. The number of pyridine rings is 2. The maximum atomic E-state index is 13.2. The minimum Gasteiger partial charge on any atom is -0.493 e. The van der Waals surface area contributed by atoms with Crippen molar-refractivity contribution in [2.75, 3.05) is 30.4 Å². The molecule has 0 aliphatic carbocycles. The average molecular weight is 421 g/mol. The summed E-state index contributed by atoms with van der Waals surface area (Å²) in [6.07, 6.45) is 6.69. The van der Waals surface area contributed by atoms with Gasteiger partial charge in [0.25, 0.3) is 0 Å². The van der Waals surface area contributed by atoms with Crippen LogP contribution in [0.5, 0.6) is 5.75 Å². The standard InChI is InChI=1S/C23H28N6O2/c1-14-10-16(4-7-24-14)18-5-8-25-22-19(18)6-9-28(22)23(30)26-20-12-17-11-15(2)27-29(17)13-21(20)31-3/h5,8,11-14,16,24H,4,6-7,9-10H2,1-3H3,(H,26,30)/t14-,16?/m0/s1. The Labute approximate surface area is 181 Å². The molecule has 0 spiro atoms. The molecule has 1 saturated heterocycles. The molecule has 1 fully saturated rings. The molecule has 5 rings (SSSR count). The summed E-state index contributed by atoms with van der Waals surface area (Å²) in [7, 11) is 1.59. The van der Waals surface area contributed by atoms with Crippen molar-refractivity contribution in [2.24, 2.45) is 0 Å². The molecule has 5 heterocycles. The number of rotatable bonds is 3. The summed E-state index contributed by atoms with van der Waals surface area (Å²) in [6, 6.07) is 6.31. The Bertz CT molecular complexity index is 1140. The molecule has 31 heavy (non-hydrogen) atoms. The van der Waals surface area contributed by atoms with E-state index in [-0.39, 0.29) is 6.03 Å². The second-order valence-corrected chi connectivity index (χ2v) is 8.52. The van der Waals surface area contributed by atoms with Crippen LogP contribution in [-0.2, 0) is 6.42 Å². The van der Waals surface area contributed by atoms with Crippen molar-refractivity contribution in [3.05, 3.63) is 47.4 Å². The molecule has 0 bridgehead atoms. The van der Waals surface area contributed by atoms with E-state index in [4.69, 9.17) is 4.74 Å². The molecule has 2 aliphatic heterocycles. The van der Waals surface area contributed by atoms with Crippen LogP contribution in [0, 0.1) is 6.92 Å². The lowest BCUT2D eigenvalue weighted by molar-refractivity contribution is 0.257. The Hall–Kier alpha value is -3.13. The van der Waals surface area contributed by atoms with E-state index < -0.39 is 0 Å². The molecular weight excluding hydrogens is 392 g/mol. The highest BCUT2D eigenvalue weighted by molar-refractivity contribution is 6.03. The number of fused-ring (bicyclic) bond motifs is 2. The number of ether oxygens (including phenoxy) is 1. The number of amides is 2. The molecule has 162 valence electrons. The second kappa shape index (κ2) is 7.85. The van der Waals surface area contributed by atoms with Gasteiger partial charge in [0.05, 0.1) is 30.2 Å². The Kier molecular flexibility index (Phi) is 5.02. The van der Waals surface area contributed by atoms with E-state index in [0.29, 0.717) is 29.9 Å². The van der Waals surface area contributed by atoms with Crippen molar-refractivity contribution >= 4 is 23.1 Å². The summed E-state index contributed by atoms with van der Waals surface area (Å²) in [6.45, 7) is 5.83. The number of anilines is 2. The molecule has 3 aromatic rings. The highest BCUT2D eigenvalue weighted by Crippen LogP contribution is 2.37. The molecule has 2 atom stereocenters. The van der Waals surface area contributed by atoms with Gasteiger partial charge < -0.3 is 15.4 Å².